The minimum absolute atomic E-state index is 0.216. The average molecular weight is 377 g/mol. The zero-order valence-electron chi connectivity index (χ0n) is 16.4. The maximum Gasteiger partial charge on any atom is 0.163 e. The first kappa shape index (κ1) is 18.7. The number of rotatable bonds is 5. The molecule has 1 atom stereocenters. The minimum Gasteiger partial charge on any atom is -0.493 e. The van der Waals surface area contributed by atoms with Gasteiger partial charge in [-0.2, -0.15) is 0 Å². The number of ether oxygens (including phenoxy) is 2. The van der Waals surface area contributed by atoms with Crippen LogP contribution in [0, 0.1) is 0 Å². The lowest BCUT2D eigenvalue weighted by Crippen LogP contribution is -2.21. The monoisotopic (exact) mass is 377 g/mol. The Bertz CT molecular complexity index is 853. The van der Waals surface area contributed by atoms with Gasteiger partial charge in [-0.05, 0) is 55.7 Å². The van der Waals surface area contributed by atoms with Crippen molar-refractivity contribution in [3.05, 3.63) is 54.1 Å². The van der Waals surface area contributed by atoms with E-state index in [0.717, 1.165) is 42.2 Å². The molecule has 0 spiro atoms. The highest BCUT2D eigenvalue weighted by Gasteiger charge is 2.25. The Balaban J connectivity index is 1.55. The topological polar surface area (TPSA) is 47.9 Å². The zero-order valence-corrected chi connectivity index (χ0v) is 16.4. The molecule has 2 aliphatic rings. The molecule has 2 aliphatic carbocycles. The summed E-state index contributed by atoms with van der Waals surface area (Å²) in [5.74, 6) is 1.96. The first-order valence-electron chi connectivity index (χ1n) is 10.2. The summed E-state index contributed by atoms with van der Waals surface area (Å²) < 4.78 is 11.6. The first-order valence-corrected chi connectivity index (χ1v) is 10.2. The molecule has 0 saturated heterocycles. The van der Waals surface area contributed by atoms with Gasteiger partial charge in [0.2, 0.25) is 0 Å². The number of benzene rings is 2. The molecule has 0 radical (unpaired) electrons. The van der Waals surface area contributed by atoms with Gasteiger partial charge in [0.1, 0.15) is 5.78 Å². The van der Waals surface area contributed by atoms with E-state index in [1.807, 2.05) is 36.4 Å². The number of hydrogen-bond donors (Lipinski definition) is 0. The summed E-state index contributed by atoms with van der Waals surface area (Å²) in [4.78, 5) is 17.1. The molecule has 146 valence electrons. The van der Waals surface area contributed by atoms with Gasteiger partial charge in [0.25, 0.3) is 0 Å². The normalized spacial score (nSPS) is 21.8. The van der Waals surface area contributed by atoms with E-state index in [4.69, 9.17) is 14.5 Å². The predicted octanol–water partition coefficient (Wildman–Crippen LogP) is 5.63. The third-order valence-electron chi connectivity index (χ3n) is 5.66. The quantitative estimate of drug-likeness (QED) is 0.679. The highest BCUT2D eigenvalue weighted by molar-refractivity contribution is 6.05. The van der Waals surface area contributed by atoms with Gasteiger partial charge in [-0.25, -0.2) is 0 Å². The molecule has 28 heavy (non-hydrogen) atoms. The summed E-state index contributed by atoms with van der Waals surface area (Å²) in [6.45, 7) is 0. The van der Waals surface area contributed by atoms with Gasteiger partial charge in [0.15, 0.2) is 11.5 Å². The van der Waals surface area contributed by atoms with Gasteiger partial charge in [-0.15, -0.1) is 0 Å². The van der Waals surface area contributed by atoms with E-state index in [-0.39, 0.29) is 17.8 Å². The van der Waals surface area contributed by atoms with Crippen LogP contribution in [0.1, 0.15) is 56.4 Å². The molecular formula is C24H27NO3. The molecule has 0 heterocycles. The lowest BCUT2D eigenvalue weighted by Gasteiger charge is -2.23. The second-order valence-corrected chi connectivity index (χ2v) is 7.77. The molecule has 4 nitrogen and oxygen atoms in total. The second-order valence-electron chi connectivity index (χ2n) is 7.77. The molecule has 0 aromatic heterocycles. The highest BCUT2D eigenvalue weighted by Crippen LogP contribution is 2.36. The molecule has 1 unspecified atom stereocenters. The Morgan fingerprint density at radius 3 is 2.50 bits per heavy atom. The molecule has 2 aromatic rings. The molecule has 0 amide bonds. The van der Waals surface area contributed by atoms with Crippen LogP contribution in [0.2, 0.25) is 0 Å². The van der Waals surface area contributed by atoms with Gasteiger partial charge in [0, 0.05) is 24.6 Å². The molecule has 4 rings (SSSR count). The number of methoxy groups -OCH3 is 1. The molecule has 2 aromatic carbocycles. The fourth-order valence-corrected chi connectivity index (χ4v) is 4.24. The number of hydrogen-bond acceptors (Lipinski definition) is 4. The van der Waals surface area contributed by atoms with Crippen molar-refractivity contribution in [2.75, 3.05) is 7.11 Å². The van der Waals surface area contributed by atoms with E-state index in [1.54, 1.807) is 7.11 Å². The Hall–Kier alpha value is -2.62. The van der Waals surface area contributed by atoms with Crippen LogP contribution in [0.25, 0.3) is 0 Å². The fraction of sp³-hybridized carbons (Fsp3) is 0.417. The third-order valence-corrected chi connectivity index (χ3v) is 5.66. The summed E-state index contributed by atoms with van der Waals surface area (Å²) >= 11 is 0. The van der Waals surface area contributed by atoms with E-state index in [0.29, 0.717) is 12.8 Å². The lowest BCUT2D eigenvalue weighted by atomic mass is 9.82. The molecule has 0 N–H and O–H groups in total. The number of carbonyl (C=O) groups is 1. The second kappa shape index (κ2) is 8.59. The molecule has 0 bridgehead atoms. The Kier molecular flexibility index (Phi) is 5.75. The smallest absolute Gasteiger partial charge is 0.163 e. The molecule has 0 aliphatic heterocycles. The molecule has 4 heteroatoms. The van der Waals surface area contributed by atoms with Crippen LogP contribution in [0.3, 0.4) is 0 Å². The third kappa shape index (κ3) is 4.44. The Labute approximate surface area is 166 Å². The Morgan fingerprint density at radius 2 is 1.75 bits per heavy atom. The van der Waals surface area contributed by atoms with Crippen LogP contribution in [-0.4, -0.2) is 24.7 Å². The summed E-state index contributed by atoms with van der Waals surface area (Å²) in [6, 6.07) is 16.0. The van der Waals surface area contributed by atoms with Crippen molar-refractivity contribution in [3.8, 4) is 11.5 Å². The van der Waals surface area contributed by atoms with Gasteiger partial charge >= 0.3 is 0 Å². The maximum absolute atomic E-state index is 12.3. The van der Waals surface area contributed by atoms with Crippen molar-refractivity contribution >= 4 is 17.2 Å². The predicted molar refractivity (Wildman–Crippen MR) is 111 cm³/mol. The standard InChI is InChI=1S/C24H27NO3/c1-27-23-12-11-19(16-24(23)28-22-9-5-6-10-22)25-20-13-18(14-21(26)15-20)17-7-3-2-4-8-17/h2-4,7-8,11-12,16,18,22H,5-6,9-10,13-15H2,1H3. The summed E-state index contributed by atoms with van der Waals surface area (Å²) in [5.41, 5.74) is 2.98. The van der Waals surface area contributed by atoms with E-state index < -0.39 is 0 Å². The number of aliphatic imine (C=N–C) groups is 1. The van der Waals surface area contributed by atoms with Crippen molar-refractivity contribution in [3.63, 3.8) is 0 Å². The van der Waals surface area contributed by atoms with Crippen LogP contribution < -0.4 is 9.47 Å². The minimum atomic E-state index is 0.216. The van der Waals surface area contributed by atoms with Crippen molar-refractivity contribution < 1.29 is 14.3 Å². The number of ketones is 1. The van der Waals surface area contributed by atoms with Crippen molar-refractivity contribution in [2.24, 2.45) is 4.99 Å². The van der Waals surface area contributed by atoms with Crippen LogP contribution >= 0.6 is 0 Å². The van der Waals surface area contributed by atoms with Gasteiger partial charge < -0.3 is 9.47 Å². The van der Waals surface area contributed by atoms with Crippen LogP contribution in [0.4, 0.5) is 5.69 Å². The van der Waals surface area contributed by atoms with Crippen molar-refractivity contribution in [1.29, 1.82) is 0 Å². The van der Waals surface area contributed by atoms with Crippen LogP contribution in [-0.2, 0) is 4.79 Å². The first-order chi connectivity index (χ1) is 13.7. The van der Waals surface area contributed by atoms with E-state index in [2.05, 4.69) is 12.1 Å². The van der Waals surface area contributed by atoms with Gasteiger partial charge in [-0.1, -0.05) is 30.3 Å². The van der Waals surface area contributed by atoms with E-state index in [1.165, 1.54) is 18.4 Å². The van der Waals surface area contributed by atoms with E-state index >= 15 is 0 Å². The molecule has 2 fully saturated rings. The van der Waals surface area contributed by atoms with E-state index in [9.17, 15) is 4.79 Å². The Morgan fingerprint density at radius 1 is 0.964 bits per heavy atom. The summed E-state index contributed by atoms with van der Waals surface area (Å²) in [5, 5.41) is 0. The van der Waals surface area contributed by atoms with Crippen LogP contribution in [0.15, 0.2) is 53.5 Å². The maximum atomic E-state index is 12.3. The summed E-state index contributed by atoms with van der Waals surface area (Å²) in [6.07, 6.45) is 6.74. The van der Waals surface area contributed by atoms with Crippen molar-refractivity contribution in [1.82, 2.24) is 0 Å². The number of carbonyl (C=O) groups excluding carboxylic acids is 1. The summed E-state index contributed by atoms with van der Waals surface area (Å²) in [7, 11) is 1.66. The number of nitrogens with zero attached hydrogens (tertiary/aromatic N) is 1. The zero-order chi connectivity index (χ0) is 19.3. The lowest BCUT2D eigenvalue weighted by molar-refractivity contribution is -0.118. The fourth-order valence-electron chi connectivity index (χ4n) is 4.24. The average Bonchev–Trinajstić information content (AvgIpc) is 3.22. The van der Waals surface area contributed by atoms with Gasteiger partial charge in [0.05, 0.1) is 18.9 Å². The SMILES string of the molecule is COc1ccc(N=C2CC(=O)CC(c3ccccc3)C2)cc1OC1CCCC1. The van der Waals surface area contributed by atoms with Crippen molar-refractivity contribution in [2.45, 2.75) is 57.0 Å². The van der Waals surface area contributed by atoms with Crippen LogP contribution in [0.5, 0.6) is 11.5 Å². The molecular weight excluding hydrogens is 350 g/mol. The largest absolute Gasteiger partial charge is 0.493 e. The number of Topliss-reactive ketones (excluding diaryl/α,β-unsaturated/α-hetero) is 1. The molecule has 2 saturated carbocycles. The highest BCUT2D eigenvalue weighted by atomic mass is 16.5. The van der Waals surface area contributed by atoms with Gasteiger partial charge in [-0.3, -0.25) is 9.79 Å².